The van der Waals surface area contributed by atoms with Gasteiger partial charge in [0.05, 0.1) is 5.56 Å². The van der Waals surface area contributed by atoms with Crippen LogP contribution in [-0.4, -0.2) is 12.1 Å². The third-order valence-corrected chi connectivity index (χ3v) is 7.51. The van der Waals surface area contributed by atoms with E-state index >= 15 is 0 Å². The second kappa shape index (κ2) is 3.13. The van der Waals surface area contributed by atoms with Crippen LogP contribution in [0.1, 0.15) is 23.2 Å². The van der Waals surface area contributed by atoms with Crippen LogP contribution >= 0.6 is 0 Å². The quantitative estimate of drug-likeness (QED) is 0.769. The molecule has 6 saturated carbocycles. The van der Waals surface area contributed by atoms with Crippen molar-refractivity contribution in [1.29, 1.82) is 0 Å². The first-order valence-corrected chi connectivity index (χ1v) is 8.10. The van der Waals surface area contributed by atoms with Crippen LogP contribution in [0.2, 0.25) is 0 Å². The van der Waals surface area contributed by atoms with Crippen molar-refractivity contribution in [2.24, 2.45) is 47.3 Å². The molecule has 102 valence electrons. The summed E-state index contributed by atoms with van der Waals surface area (Å²) in [5.41, 5.74) is 0.714. The number of hydrogen-bond acceptors (Lipinski definition) is 2. The summed E-state index contributed by atoms with van der Waals surface area (Å²) < 4.78 is 6.02. The fraction of sp³-hybridized carbons (Fsp3) is 0.611. The Morgan fingerprint density at radius 3 is 2.05 bits per heavy atom. The number of carbonyl (C=O) groups excluding carboxylic acids is 1. The molecule has 0 aromatic heterocycles. The average molecular weight is 266 g/mol. The molecule has 6 aliphatic rings. The monoisotopic (exact) mass is 266 g/mol. The predicted octanol–water partition coefficient (Wildman–Crippen LogP) is 2.99. The molecule has 0 radical (unpaired) electrons. The number of rotatable bonds is 2. The fourth-order valence-electron chi connectivity index (χ4n) is 7.46. The van der Waals surface area contributed by atoms with Gasteiger partial charge in [-0.15, -0.1) is 0 Å². The topological polar surface area (TPSA) is 26.3 Å². The summed E-state index contributed by atoms with van der Waals surface area (Å²) in [4.78, 5) is 12.4. The van der Waals surface area contributed by atoms with Gasteiger partial charge in [0, 0.05) is 11.8 Å². The van der Waals surface area contributed by atoms with Gasteiger partial charge in [0.1, 0.15) is 6.10 Å². The van der Waals surface area contributed by atoms with E-state index in [2.05, 4.69) is 0 Å². The Morgan fingerprint density at radius 2 is 1.45 bits per heavy atom. The van der Waals surface area contributed by atoms with E-state index in [9.17, 15) is 4.79 Å². The molecule has 8 unspecified atom stereocenters. The van der Waals surface area contributed by atoms with E-state index in [1.807, 2.05) is 30.3 Å². The number of esters is 1. The molecular weight excluding hydrogens is 248 g/mol. The summed E-state index contributed by atoms with van der Waals surface area (Å²) in [6.45, 7) is 0. The van der Waals surface area contributed by atoms with Gasteiger partial charge in [-0.25, -0.2) is 4.79 Å². The molecule has 2 nitrogen and oxygen atoms in total. The van der Waals surface area contributed by atoms with Gasteiger partial charge < -0.3 is 4.74 Å². The summed E-state index contributed by atoms with van der Waals surface area (Å²) in [6, 6.07) is 9.51. The highest BCUT2D eigenvalue weighted by Gasteiger charge is 2.81. The maximum Gasteiger partial charge on any atom is 0.338 e. The normalized spacial score (nSPS) is 55.3. The molecule has 8 atom stereocenters. The van der Waals surface area contributed by atoms with Crippen molar-refractivity contribution in [3.05, 3.63) is 35.9 Å². The van der Waals surface area contributed by atoms with E-state index in [1.54, 1.807) is 0 Å². The van der Waals surface area contributed by atoms with Crippen molar-refractivity contribution < 1.29 is 9.53 Å². The zero-order valence-electron chi connectivity index (χ0n) is 11.3. The molecule has 6 aliphatic carbocycles. The maximum absolute atomic E-state index is 12.4. The predicted molar refractivity (Wildman–Crippen MR) is 72.8 cm³/mol. The fourth-order valence-corrected chi connectivity index (χ4v) is 7.46. The molecule has 0 N–H and O–H groups in total. The molecule has 0 amide bonds. The lowest BCUT2D eigenvalue weighted by Gasteiger charge is -2.33. The molecule has 2 heteroatoms. The Bertz CT molecular complexity index is 581. The Labute approximate surface area is 118 Å². The highest BCUT2D eigenvalue weighted by atomic mass is 16.5. The largest absolute Gasteiger partial charge is 0.458 e. The van der Waals surface area contributed by atoms with Crippen molar-refractivity contribution in [3.8, 4) is 0 Å². The van der Waals surface area contributed by atoms with Crippen LogP contribution in [0.15, 0.2) is 30.3 Å². The molecule has 20 heavy (non-hydrogen) atoms. The summed E-state index contributed by atoms with van der Waals surface area (Å²) in [5, 5.41) is 0. The Hall–Kier alpha value is -1.31. The van der Waals surface area contributed by atoms with Crippen LogP contribution in [0.5, 0.6) is 0 Å². The molecule has 1 aromatic carbocycles. The van der Waals surface area contributed by atoms with Crippen LogP contribution < -0.4 is 0 Å². The first-order chi connectivity index (χ1) is 9.84. The highest BCUT2D eigenvalue weighted by Crippen LogP contribution is 2.83. The van der Waals surface area contributed by atoms with Crippen molar-refractivity contribution in [2.45, 2.75) is 18.9 Å². The number of carbonyl (C=O) groups is 1. The SMILES string of the molecule is O=C(OC1C2C3CC4C5CC(C42)C1C53)c1ccccc1. The summed E-state index contributed by atoms with van der Waals surface area (Å²) in [6.07, 6.45) is 3.17. The minimum atomic E-state index is -0.0943. The van der Waals surface area contributed by atoms with Crippen LogP contribution in [0.25, 0.3) is 0 Å². The smallest absolute Gasteiger partial charge is 0.338 e. The van der Waals surface area contributed by atoms with Crippen LogP contribution in [0, 0.1) is 47.3 Å². The van der Waals surface area contributed by atoms with Crippen molar-refractivity contribution in [2.75, 3.05) is 0 Å². The van der Waals surface area contributed by atoms with E-state index < -0.39 is 0 Å². The molecular formula is C18H18O2. The number of ether oxygens (including phenoxy) is 1. The number of hydrogen-bond donors (Lipinski definition) is 0. The van der Waals surface area contributed by atoms with E-state index in [0.29, 0.717) is 5.56 Å². The highest BCUT2D eigenvalue weighted by molar-refractivity contribution is 5.89. The number of benzene rings is 1. The second-order valence-electron chi connectivity index (χ2n) is 7.67. The summed E-state index contributed by atoms with van der Waals surface area (Å²) in [5.74, 6) is 7.05. The van der Waals surface area contributed by atoms with E-state index in [1.165, 1.54) is 12.8 Å². The molecule has 0 spiro atoms. The zero-order chi connectivity index (χ0) is 13.0. The summed E-state index contributed by atoms with van der Waals surface area (Å²) >= 11 is 0. The molecule has 1 aromatic rings. The van der Waals surface area contributed by atoms with E-state index in [4.69, 9.17) is 4.74 Å². The van der Waals surface area contributed by atoms with E-state index in [-0.39, 0.29) is 12.1 Å². The standard InChI is InChI=1S/C18H18O2/c19-18(8-4-2-1-3-5-8)20-17-15-11-6-9-10-7-12(13(9)15)16(17)14(10)11/h1-5,9-17H,6-7H2. The van der Waals surface area contributed by atoms with Gasteiger partial charge in [0.25, 0.3) is 0 Å². The average Bonchev–Trinajstić information content (AvgIpc) is 3.18. The van der Waals surface area contributed by atoms with Gasteiger partial charge in [-0.05, 0) is 60.5 Å². The zero-order valence-corrected chi connectivity index (χ0v) is 11.3. The maximum atomic E-state index is 12.4. The molecule has 6 bridgehead atoms. The van der Waals surface area contributed by atoms with E-state index in [0.717, 1.165) is 47.3 Å². The van der Waals surface area contributed by atoms with Gasteiger partial charge >= 0.3 is 5.97 Å². The van der Waals surface area contributed by atoms with Gasteiger partial charge in [0.2, 0.25) is 0 Å². The molecule has 0 saturated heterocycles. The molecule has 7 rings (SSSR count). The molecule has 0 heterocycles. The van der Waals surface area contributed by atoms with Crippen molar-refractivity contribution in [1.82, 2.24) is 0 Å². The van der Waals surface area contributed by atoms with Gasteiger partial charge in [-0.1, -0.05) is 18.2 Å². The lowest BCUT2D eigenvalue weighted by Crippen LogP contribution is -2.30. The van der Waals surface area contributed by atoms with Gasteiger partial charge in [-0.3, -0.25) is 0 Å². The Balaban J connectivity index is 1.33. The first-order valence-electron chi connectivity index (χ1n) is 8.10. The second-order valence-corrected chi connectivity index (χ2v) is 7.67. The summed E-state index contributed by atoms with van der Waals surface area (Å²) in [7, 11) is 0. The Kier molecular flexibility index (Phi) is 1.63. The minimum absolute atomic E-state index is 0.0943. The van der Waals surface area contributed by atoms with Gasteiger partial charge in [0.15, 0.2) is 0 Å². The first kappa shape index (κ1) is 10.4. The van der Waals surface area contributed by atoms with Crippen LogP contribution in [0.3, 0.4) is 0 Å². The lowest BCUT2D eigenvalue weighted by molar-refractivity contribution is 0.0154. The molecule has 6 fully saturated rings. The van der Waals surface area contributed by atoms with Gasteiger partial charge in [-0.2, -0.15) is 0 Å². The molecule has 0 aliphatic heterocycles. The van der Waals surface area contributed by atoms with Crippen LogP contribution in [0.4, 0.5) is 0 Å². The lowest BCUT2D eigenvalue weighted by atomic mass is 9.71. The van der Waals surface area contributed by atoms with Crippen molar-refractivity contribution >= 4 is 5.97 Å². The third kappa shape index (κ3) is 0.924. The van der Waals surface area contributed by atoms with Crippen molar-refractivity contribution in [3.63, 3.8) is 0 Å². The minimum Gasteiger partial charge on any atom is -0.458 e. The van der Waals surface area contributed by atoms with Crippen LogP contribution in [-0.2, 0) is 4.74 Å². The Morgan fingerprint density at radius 1 is 0.850 bits per heavy atom. The third-order valence-electron chi connectivity index (χ3n) is 7.51.